The first-order valence-electron chi connectivity index (χ1n) is 12.0. The van der Waals surface area contributed by atoms with E-state index in [1.54, 1.807) is 17.0 Å². The topological polar surface area (TPSA) is 103 Å². The zero-order valence-corrected chi connectivity index (χ0v) is 21.6. The molecule has 0 unspecified atom stereocenters. The van der Waals surface area contributed by atoms with Crippen molar-refractivity contribution in [2.24, 2.45) is 11.8 Å². The number of hydrogen-bond donors (Lipinski definition) is 2. The number of likely N-dealkylation sites (tertiary alicyclic amines) is 2. The summed E-state index contributed by atoms with van der Waals surface area (Å²) >= 11 is 12.2. The van der Waals surface area contributed by atoms with E-state index in [0.29, 0.717) is 42.2 Å². The first-order valence-corrected chi connectivity index (χ1v) is 12.7. The van der Waals surface area contributed by atoms with Gasteiger partial charge in [0.05, 0.1) is 15.6 Å². The maximum Gasteiger partial charge on any atom is 0.417 e. The molecule has 1 aromatic heterocycles. The van der Waals surface area contributed by atoms with Crippen molar-refractivity contribution in [3.63, 3.8) is 0 Å². The Bertz CT molecular complexity index is 1200. The molecule has 0 bridgehead atoms. The van der Waals surface area contributed by atoms with Crippen LogP contribution in [-0.2, 0) is 11.0 Å². The van der Waals surface area contributed by atoms with E-state index in [1.807, 2.05) is 6.07 Å². The number of alkyl halides is 3. The fourth-order valence-corrected chi connectivity index (χ4v) is 5.34. The first kappa shape index (κ1) is 28.0. The van der Waals surface area contributed by atoms with Crippen LogP contribution in [0.2, 0.25) is 10.0 Å². The van der Waals surface area contributed by atoms with E-state index in [9.17, 15) is 27.6 Å². The van der Waals surface area contributed by atoms with Crippen molar-refractivity contribution in [2.45, 2.75) is 24.9 Å². The van der Waals surface area contributed by atoms with Gasteiger partial charge in [0.1, 0.15) is 5.69 Å². The van der Waals surface area contributed by atoms with Gasteiger partial charge in [-0.2, -0.15) is 13.2 Å². The number of halogens is 5. The molecule has 0 radical (unpaired) electrons. The summed E-state index contributed by atoms with van der Waals surface area (Å²) in [5.41, 5.74) is -0.156. The molecule has 3 heterocycles. The van der Waals surface area contributed by atoms with Crippen molar-refractivity contribution in [1.29, 1.82) is 0 Å². The van der Waals surface area contributed by atoms with Gasteiger partial charge in [-0.3, -0.25) is 14.6 Å². The van der Waals surface area contributed by atoms with Gasteiger partial charge in [0.2, 0.25) is 5.91 Å². The number of piperidine rings is 1. The molecule has 2 N–H and O–H groups in total. The second kappa shape index (κ2) is 11.4. The normalized spacial score (nSPS) is 20.4. The zero-order valence-electron chi connectivity index (χ0n) is 20.0. The Morgan fingerprint density at radius 1 is 1.03 bits per heavy atom. The van der Waals surface area contributed by atoms with Crippen LogP contribution < -0.4 is 5.32 Å². The molecule has 2 fully saturated rings. The number of nitrogens with one attached hydrogen (secondary N) is 1. The lowest BCUT2D eigenvalue weighted by Gasteiger charge is -2.33. The van der Waals surface area contributed by atoms with E-state index < -0.39 is 23.7 Å². The molecule has 204 valence electrons. The van der Waals surface area contributed by atoms with E-state index in [0.717, 1.165) is 17.7 Å². The van der Waals surface area contributed by atoms with Gasteiger partial charge in [-0.1, -0.05) is 29.3 Å². The molecule has 2 saturated heterocycles. The summed E-state index contributed by atoms with van der Waals surface area (Å²) in [6.07, 6.45) is -4.25. The first-order chi connectivity index (χ1) is 17.9. The third-order valence-corrected chi connectivity index (χ3v) is 7.82. The van der Waals surface area contributed by atoms with Crippen LogP contribution in [0.15, 0.2) is 36.5 Å². The highest BCUT2D eigenvalue weighted by molar-refractivity contribution is 6.42. The minimum atomic E-state index is -4.54. The molecular formula is C25H25Cl2F3N4O4. The molecule has 0 saturated carbocycles. The van der Waals surface area contributed by atoms with Gasteiger partial charge in [-0.05, 0) is 42.7 Å². The van der Waals surface area contributed by atoms with Gasteiger partial charge in [-0.15, -0.1) is 0 Å². The Morgan fingerprint density at radius 3 is 2.32 bits per heavy atom. The van der Waals surface area contributed by atoms with E-state index in [2.05, 4.69) is 10.3 Å². The average molecular weight is 573 g/mol. The average Bonchev–Trinajstić information content (AvgIpc) is 3.32. The van der Waals surface area contributed by atoms with E-state index in [-0.39, 0.29) is 49.0 Å². The number of benzene rings is 1. The molecule has 4 rings (SSSR count). The number of carboxylic acid groups (broad SMARTS) is 1. The summed E-state index contributed by atoms with van der Waals surface area (Å²) in [5.74, 6) is -1.20. The second-order valence-corrected chi connectivity index (χ2v) is 10.3. The van der Waals surface area contributed by atoms with Crippen molar-refractivity contribution in [1.82, 2.24) is 20.1 Å². The number of nitrogens with zero attached hydrogens (tertiary/aromatic N) is 3. The molecule has 2 aromatic rings. The Morgan fingerprint density at radius 2 is 1.74 bits per heavy atom. The molecule has 38 heavy (non-hydrogen) atoms. The summed E-state index contributed by atoms with van der Waals surface area (Å²) in [5, 5.41) is 12.3. The van der Waals surface area contributed by atoms with Crippen LogP contribution >= 0.6 is 23.2 Å². The van der Waals surface area contributed by atoms with Crippen molar-refractivity contribution in [2.75, 3.05) is 32.7 Å². The van der Waals surface area contributed by atoms with Gasteiger partial charge < -0.3 is 20.2 Å². The van der Waals surface area contributed by atoms with Crippen LogP contribution in [0.5, 0.6) is 0 Å². The van der Waals surface area contributed by atoms with Crippen molar-refractivity contribution in [3.05, 3.63) is 63.4 Å². The molecule has 0 aliphatic carbocycles. The lowest BCUT2D eigenvalue weighted by atomic mass is 9.89. The lowest BCUT2D eigenvalue weighted by Crippen LogP contribution is -2.44. The number of pyridine rings is 1. The minimum Gasteiger partial charge on any atom is -0.465 e. The predicted molar refractivity (Wildman–Crippen MR) is 133 cm³/mol. The Labute approximate surface area is 226 Å². The number of carbonyl (C=O) groups is 3. The highest BCUT2D eigenvalue weighted by Crippen LogP contribution is 2.37. The predicted octanol–water partition coefficient (Wildman–Crippen LogP) is 4.77. The zero-order chi connectivity index (χ0) is 27.6. The van der Waals surface area contributed by atoms with Gasteiger partial charge in [-0.25, -0.2) is 4.79 Å². The lowest BCUT2D eigenvalue weighted by molar-refractivity contribution is -0.138. The van der Waals surface area contributed by atoms with Gasteiger partial charge in [0.25, 0.3) is 5.91 Å². The summed E-state index contributed by atoms with van der Waals surface area (Å²) in [4.78, 5) is 44.1. The highest BCUT2D eigenvalue weighted by Gasteiger charge is 2.40. The van der Waals surface area contributed by atoms with Crippen molar-refractivity contribution >= 4 is 41.1 Å². The molecule has 2 aliphatic rings. The Kier molecular flexibility index (Phi) is 8.37. The highest BCUT2D eigenvalue weighted by atomic mass is 35.5. The molecule has 2 atom stereocenters. The van der Waals surface area contributed by atoms with Crippen LogP contribution in [0.4, 0.5) is 18.0 Å². The number of aromatic nitrogens is 1. The minimum absolute atomic E-state index is 0.0763. The maximum atomic E-state index is 13.4. The number of amides is 3. The van der Waals surface area contributed by atoms with Crippen molar-refractivity contribution < 1.29 is 32.7 Å². The van der Waals surface area contributed by atoms with E-state index >= 15 is 0 Å². The van der Waals surface area contributed by atoms with Crippen LogP contribution in [0.25, 0.3) is 0 Å². The molecule has 0 spiro atoms. The Hall–Kier alpha value is -3.05. The van der Waals surface area contributed by atoms with Gasteiger partial charge >= 0.3 is 12.3 Å². The van der Waals surface area contributed by atoms with Crippen LogP contribution in [0.1, 0.15) is 40.4 Å². The molecule has 13 heteroatoms. The largest absolute Gasteiger partial charge is 0.465 e. The maximum absolute atomic E-state index is 13.4. The Balaban J connectivity index is 1.38. The third-order valence-electron chi connectivity index (χ3n) is 7.08. The summed E-state index contributed by atoms with van der Waals surface area (Å²) in [6, 6.07) is 7.10. The summed E-state index contributed by atoms with van der Waals surface area (Å²) in [7, 11) is 0. The number of rotatable bonds is 5. The molecule has 3 amide bonds. The monoisotopic (exact) mass is 572 g/mol. The van der Waals surface area contributed by atoms with Crippen molar-refractivity contribution in [3.8, 4) is 0 Å². The third kappa shape index (κ3) is 6.32. The summed E-state index contributed by atoms with van der Waals surface area (Å²) in [6.45, 7) is 1.45. The van der Waals surface area contributed by atoms with Crippen LogP contribution in [-0.4, -0.2) is 70.5 Å². The second-order valence-electron chi connectivity index (χ2n) is 9.47. The quantitative estimate of drug-likeness (QED) is 0.537. The number of hydrogen-bond acceptors (Lipinski definition) is 4. The fraction of sp³-hybridized carbons (Fsp3) is 0.440. The van der Waals surface area contributed by atoms with E-state index in [4.69, 9.17) is 28.3 Å². The van der Waals surface area contributed by atoms with Gasteiger partial charge in [0, 0.05) is 56.7 Å². The molecular weight excluding hydrogens is 548 g/mol. The van der Waals surface area contributed by atoms with Crippen LogP contribution in [0.3, 0.4) is 0 Å². The van der Waals surface area contributed by atoms with Gasteiger partial charge in [0.15, 0.2) is 0 Å². The fourth-order valence-electron chi connectivity index (χ4n) is 5.03. The molecule has 2 aliphatic heterocycles. The molecule has 1 aromatic carbocycles. The van der Waals surface area contributed by atoms with Crippen LogP contribution in [0, 0.1) is 11.8 Å². The standard InChI is InChI=1S/C25H25Cl2F3N4O4/c26-19-3-1-15(9-20(19)27)18-13-34(12-16(18)10-32-24(37)38)22(35)14-5-7-33(8-6-14)23(36)21-4-2-17(11-31-21)25(28,29)30/h1-4,9,11,14,16,18,32H,5-8,10,12-13H2,(H,37,38)/t16-,18-/m0/s1. The number of carbonyl (C=O) groups excluding carboxylic acids is 2. The van der Waals surface area contributed by atoms with E-state index in [1.165, 1.54) is 4.90 Å². The summed E-state index contributed by atoms with van der Waals surface area (Å²) < 4.78 is 38.3. The molecule has 8 nitrogen and oxygen atoms in total. The smallest absolute Gasteiger partial charge is 0.417 e. The SMILES string of the molecule is O=C(O)NC[C@H]1CN(C(=O)C2CCN(C(=O)c3ccc(C(F)(F)F)cn3)CC2)C[C@H]1c1ccc(Cl)c(Cl)c1.